The van der Waals surface area contributed by atoms with Crippen molar-refractivity contribution in [2.24, 2.45) is 17.8 Å². The second-order valence-corrected chi connectivity index (χ2v) is 20.7. The zero-order valence-electron chi connectivity index (χ0n) is 46.1. The summed E-state index contributed by atoms with van der Waals surface area (Å²) in [7, 11) is 5.17. The number of carbonyl (C=O) groups excluding carboxylic acids is 8. The Morgan fingerprint density at radius 3 is 1.92 bits per heavy atom. The van der Waals surface area contributed by atoms with Gasteiger partial charge in [0, 0.05) is 88.1 Å². The molecule has 0 saturated carbocycles. The topological polar surface area (TPSA) is 346 Å². The highest BCUT2D eigenvalue weighted by molar-refractivity contribution is 7.09. The van der Waals surface area contributed by atoms with Gasteiger partial charge in [-0.2, -0.15) is 0 Å². The molecule has 0 bridgehead atoms. The number of likely N-dealkylation sites (N-methyl/N-ethyl adjacent to an activating group) is 2. The molecule has 0 aliphatic carbocycles. The van der Waals surface area contributed by atoms with Crippen LogP contribution in [0.4, 0.5) is 5.69 Å². The Balaban J connectivity index is 2.46. The van der Waals surface area contributed by atoms with Crippen molar-refractivity contribution in [2.75, 3.05) is 39.5 Å². The predicted molar refractivity (Wildman–Crippen MR) is 287 cm³/mol. The summed E-state index contributed by atoms with van der Waals surface area (Å²) in [5.74, 6) is -9.97. The number of carboxylic acid groups (broad SMARTS) is 3. The molecule has 1 aromatic heterocycles. The third-order valence-corrected chi connectivity index (χ3v) is 13.7. The number of esters is 2. The van der Waals surface area contributed by atoms with Gasteiger partial charge in [-0.15, -0.1) is 11.3 Å². The van der Waals surface area contributed by atoms with Gasteiger partial charge in [-0.05, 0) is 83.2 Å². The lowest BCUT2D eigenvalue weighted by Crippen LogP contribution is -2.60. The number of aromatic nitrogens is 1. The second kappa shape index (κ2) is 32.3. The normalized spacial score (nSPS) is 13.9. The monoisotopic (exact) mass is 1110 g/mol. The van der Waals surface area contributed by atoms with Crippen LogP contribution < -0.4 is 31.3 Å². The molecule has 8 N–H and O–H groups in total. The number of rotatable bonds is 33. The smallest absolute Gasteiger partial charge is 0.328 e. The van der Waals surface area contributed by atoms with Crippen LogP contribution in [0.2, 0.25) is 0 Å². The van der Waals surface area contributed by atoms with Crippen LogP contribution >= 0.6 is 11.3 Å². The molecule has 1 unspecified atom stereocenters. The number of ether oxygens (including phenoxy) is 2. The molecular weight excluding hydrogens is 1040 g/mol. The van der Waals surface area contributed by atoms with Crippen molar-refractivity contribution in [3.8, 4) is 5.75 Å². The van der Waals surface area contributed by atoms with Gasteiger partial charge in [0.1, 0.15) is 16.7 Å². The summed E-state index contributed by atoms with van der Waals surface area (Å²) < 4.78 is 11.4. The van der Waals surface area contributed by atoms with Crippen LogP contribution in [0.3, 0.4) is 0 Å². The van der Waals surface area contributed by atoms with Crippen LogP contribution in [-0.4, -0.2) is 153 Å². The van der Waals surface area contributed by atoms with Crippen molar-refractivity contribution >= 4 is 82.3 Å². The largest absolute Gasteiger partial charge is 0.481 e. The summed E-state index contributed by atoms with van der Waals surface area (Å²) in [6.45, 7) is 13.8. The van der Waals surface area contributed by atoms with Gasteiger partial charge in [0.2, 0.25) is 29.5 Å². The standard InChI is InChI=1S/C53H76N8O16S/c1-12-31(4)47(59-52(75)53(7,8)60(9)10)50(72)61(11)38(30(2)3)28-40(76-33(6)62)49-58-37(29-78-49)48(71)56-35(25-32(5)51(73)74)26-34-17-18-39(77-46(70)16-14-24-55-42(64)20-22-45(68)69)36(27-34)57-43(65)15-13-23-54-41(63)19-21-44(66)67/h17-22,27,29-32,35,38,40,47H,12-16,23-26,28H2,1-11H3,(H,54,63)(H,55,64)(H,56,71)(H,57,65)(H,59,75)(H,66,67)(H,68,69)(H,73,74)/b21-19-,22-20-/t31-,32?,35+,38+,40+,47-/m0/s1. The highest BCUT2D eigenvalue weighted by Gasteiger charge is 2.39. The Bertz CT molecular complexity index is 2520. The van der Waals surface area contributed by atoms with E-state index in [1.54, 1.807) is 50.9 Å². The molecule has 6 amide bonds. The van der Waals surface area contributed by atoms with Crippen molar-refractivity contribution in [3.05, 3.63) is 64.1 Å². The molecule has 1 heterocycles. The fourth-order valence-corrected chi connectivity index (χ4v) is 8.32. The first-order chi connectivity index (χ1) is 36.5. The van der Waals surface area contributed by atoms with E-state index in [1.165, 1.54) is 31.4 Å². The summed E-state index contributed by atoms with van der Waals surface area (Å²) in [5, 5.41) is 42.5. The van der Waals surface area contributed by atoms with Crippen LogP contribution in [-0.2, 0) is 59.1 Å². The number of benzene rings is 1. The van der Waals surface area contributed by atoms with Crippen LogP contribution in [0, 0.1) is 17.8 Å². The van der Waals surface area contributed by atoms with Crippen LogP contribution in [0.25, 0.3) is 0 Å². The lowest BCUT2D eigenvalue weighted by atomic mass is 9.92. The Hall–Kier alpha value is -7.54. The van der Waals surface area contributed by atoms with Gasteiger partial charge in [0.05, 0.1) is 17.1 Å². The molecule has 1 aromatic carbocycles. The van der Waals surface area contributed by atoms with Crippen molar-refractivity contribution in [3.63, 3.8) is 0 Å². The van der Waals surface area contributed by atoms with Crippen LogP contribution in [0.5, 0.6) is 5.75 Å². The van der Waals surface area contributed by atoms with E-state index in [9.17, 15) is 57.8 Å². The number of amides is 6. The fourth-order valence-electron chi connectivity index (χ4n) is 7.48. The molecule has 2 aromatic rings. The molecule has 24 nitrogen and oxygen atoms in total. The molecular formula is C53H76N8O16S. The van der Waals surface area contributed by atoms with Gasteiger partial charge in [0.25, 0.3) is 5.91 Å². The zero-order valence-corrected chi connectivity index (χ0v) is 46.9. The van der Waals surface area contributed by atoms with E-state index in [-0.39, 0.29) is 104 Å². The van der Waals surface area contributed by atoms with Gasteiger partial charge in [-0.1, -0.05) is 47.1 Å². The maximum absolute atomic E-state index is 14.3. The SMILES string of the molecule is CC[C@H](C)[C@H](NC(=O)C(C)(C)N(C)C)C(=O)N(C)[C@H](C[C@@H](OC(C)=O)c1nc(C(=O)N[C@@H](Cc2ccc(OC(=O)CCCNC(=O)/C=C\C(=O)O)c(NC(=O)CCCNC(=O)/C=C\C(=O)O)c2)CC(C)C(=O)O)cs1)C(C)C. The third kappa shape index (κ3) is 23.0. The number of carboxylic acids is 3. The molecule has 25 heteroatoms. The minimum Gasteiger partial charge on any atom is -0.481 e. The van der Waals surface area contributed by atoms with E-state index >= 15 is 0 Å². The highest BCUT2D eigenvalue weighted by Crippen LogP contribution is 2.32. The molecule has 2 rings (SSSR count). The average Bonchev–Trinajstić information content (AvgIpc) is 3.86. The second-order valence-electron chi connectivity index (χ2n) is 19.8. The number of nitrogens with one attached hydrogen (secondary N) is 5. The molecule has 0 aliphatic heterocycles. The first kappa shape index (κ1) is 66.6. The van der Waals surface area contributed by atoms with Gasteiger partial charge < -0.3 is 56.3 Å². The fraction of sp³-hybridized carbons (Fsp3) is 0.547. The number of nitrogens with zero attached hydrogens (tertiary/aromatic N) is 3. The summed E-state index contributed by atoms with van der Waals surface area (Å²) in [4.78, 5) is 146. The number of carbonyl (C=O) groups is 11. The average molecular weight is 1110 g/mol. The zero-order chi connectivity index (χ0) is 59.0. The van der Waals surface area contributed by atoms with Gasteiger partial charge in [0.15, 0.2) is 11.9 Å². The van der Waals surface area contributed by atoms with Gasteiger partial charge in [-0.3, -0.25) is 48.1 Å². The number of hydrogen-bond acceptors (Lipinski definition) is 16. The number of anilines is 1. The molecule has 0 saturated heterocycles. The number of hydrogen-bond donors (Lipinski definition) is 8. The summed E-state index contributed by atoms with van der Waals surface area (Å²) in [6, 6.07) is 2.11. The van der Waals surface area contributed by atoms with E-state index in [1.807, 2.05) is 27.7 Å². The molecule has 0 radical (unpaired) electrons. The van der Waals surface area contributed by atoms with E-state index in [0.29, 0.717) is 24.1 Å². The molecule has 78 heavy (non-hydrogen) atoms. The Kier molecular flexibility index (Phi) is 27.5. The van der Waals surface area contributed by atoms with Crippen molar-refractivity contribution < 1.29 is 77.5 Å². The van der Waals surface area contributed by atoms with E-state index < -0.39 is 89.2 Å². The molecule has 0 fully saturated rings. The lowest BCUT2D eigenvalue weighted by Gasteiger charge is -2.38. The minimum absolute atomic E-state index is 0.00296. The summed E-state index contributed by atoms with van der Waals surface area (Å²) >= 11 is 1.04. The lowest BCUT2D eigenvalue weighted by molar-refractivity contribution is -0.149. The minimum atomic E-state index is -1.32. The Morgan fingerprint density at radius 1 is 0.808 bits per heavy atom. The molecule has 0 aliphatic rings. The molecule has 430 valence electrons. The molecule has 6 atom stereocenters. The third-order valence-electron chi connectivity index (χ3n) is 12.8. The van der Waals surface area contributed by atoms with Crippen molar-refractivity contribution in [1.82, 2.24) is 36.1 Å². The van der Waals surface area contributed by atoms with E-state index in [2.05, 4.69) is 31.6 Å². The Morgan fingerprint density at radius 2 is 1.40 bits per heavy atom. The van der Waals surface area contributed by atoms with Gasteiger partial charge >= 0.3 is 29.8 Å². The summed E-state index contributed by atoms with van der Waals surface area (Å²) in [6.07, 6.45) is 2.36. The van der Waals surface area contributed by atoms with Gasteiger partial charge in [-0.25, -0.2) is 14.6 Å². The quantitative estimate of drug-likeness (QED) is 0.0218. The van der Waals surface area contributed by atoms with Crippen LogP contribution in [0.15, 0.2) is 47.9 Å². The van der Waals surface area contributed by atoms with E-state index in [4.69, 9.17) is 19.7 Å². The molecule has 0 spiro atoms. The number of thiazole rings is 1. The summed E-state index contributed by atoms with van der Waals surface area (Å²) in [5.41, 5.74) is -0.528. The first-order valence-electron chi connectivity index (χ1n) is 25.4. The maximum atomic E-state index is 14.3. The van der Waals surface area contributed by atoms with Crippen molar-refractivity contribution in [2.45, 2.75) is 137 Å². The van der Waals surface area contributed by atoms with E-state index in [0.717, 1.165) is 23.5 Å². The van der Waals surface area contributed by atoms with Crippen LogP contribution in [0.1, 0.15) is 127 Å². The highest BCUT2D eigenvalue weighted by atomic mass is 32.1. The maximum Gasteiger partial charge on any atom is 0.328 e. The first-order valence-corrected chi connectivity index (χ1v) is 26.3. The van der Waals surface area contributed by atoms with Crippen molar-refractivity contribution in [1.29, 1.82) is 0 Å². The predicted octanol–water partition coefficient (Wildman–Crippen LogP) is 3.86. The number of aliphatic carboxylic acids is 3. The Labute approximate surface area is 458 Å².